The summed E-state index contributed by atoms with van der Waals surface area (Å²) in [6, 6.07) is 72.9. The summed E-state index contributed by atoms with van der Waals surface area (Å²) < 4.78 is 0. The molecule has 6 heteroatoms. The van der Waals surface area contributed by atoms with Crippen molar-refractivity contribution in [2.75, 3.05) is 0 Å². The largest absolute Gasteiger partial charge is 0.208 e. The van der Waals surface area contributed by atoms with Gasteiger partial charge < -0.3 is 0 Å². The lowest BCUT2D eigenvalue weighted by molar-refractivity contribution is 1.04. The predicted octanol–water partition coefficient (Wildman–Crippen LogP) is 15.2. The van der Waals surface area contributed by atoms with Gasteiger partial charge in [-0.1, -0.05) is 207 Å². The molecule has 2 aromatic heterocycles. The van der Waals surface area contributed by atoms with Crippen LogP contribution in [0.2, 0.25) is 0 Å². The highest BCUT2D eigenvalue weighted by molar-refractivity contribution is 5.83. The van der Waals surface area contributed by atoms with E-state index in [2.05, 4.69) is 146 Å². The summed E-state index contributed by atoms with van der Waals surface area (Å²) in [7, 11) is 0. The minimum atomic E-state index is 0.571. The maximum atomic E-state index is 5.22. The second kappa shape index (κ2) is 19.4. The van der Waals surface area contributed by atoms with Gasteiger partial charge in [0.25, 0.3) is 0 Å². The number of allylic oxidation sites excluding steroid dienone is 5. The van der Waals surface area contributed by atoms with Gasteiger partial charge in [-0.2, -0.15) is 0 Å². The number of aromatic nitrogens is 6. The molecule has 0 saturated carbocycles. The summed E-state index contributed by atoms with van der Waals surface area (Å²) in [6.07, 6.45) is 7.65. The second-order valence-electron chi connectivity index (χ2n) is 16.0. The average molecular weight is 861 g/mol. The summed E-state index contributed by atoms with van der Waals surface area (Å²) in [5.41, 5.74) is 13.9. The van der Waals surface area contributed by atoms with Crippen molar-refractivity contribution >= 4 is 5.57 Å². The Morgan fingerprint density at radius 1 is 0.313 bits per heavy atom. The van der Waals surface area contributed by atoms with Crippen molar-refractivity contribution in [3.63, 3.8) is 0 Å². The highest BCUT2D eigenvalue weighted by Crippen LogP contribution is 2.36. The molecule has 0 aliphatic carbocycles. The van der Waals surface area contributed by atoms with Crippen LogP contribution < -0.4 is 0 Å². The molecular weight excluding hydrogens is 817 g/mol. The van der Waals surface area contributed by atoms with Gasteiger partial charge in [-0.05, 0) is 87.8 Å². The zero-order valence-corrected chi connectivity index (χ0v) is 36.9. The van der Waals surface area contributed by atoms with Crippen molar-refractivity contribution in [3.8, 4) is 101 Å². The standard InChI is InChI=1S/C61H44N6/c1-3-5-21-42(4-2)56-62-59(51-34-19-30-47(37-51)43-22-10-6-11-23-43)67-61(63-56)55-40-53(44-24-12-7-13-25-44)39-54(41-55)50-33-18-31-48(36-50)49-32-20-35-52(38-49)60-65-57(45-26-14-8-15-27-45)64-58(66-60)46-28-16-9-17-29-46/h3-41H,1H2,2H3/b21-5-,42-4+. The molecule has 0 bridgehead atoms. The number of hydrogen-bond acceptors (Lipinski definition) is 6. The number of hydrogen-bond donors (Lipinski definition) is 0. The quantitative estimate of drug-likeness (QED) is 0.114. The minimum absolute atomic E-state index is 0.571. The van der Waals surface area contributed by atoms with Gasteiger partial charge in [-0.25, -0.2) is 29.9 Å². The fourth-order valence-electron chi connectivity index (χ4n) is 8.08. The first kappa shape index (κ1) is 42.0. The van der Waals surface area contributed by atoms with Crippen molar-refractivity contribution in [1.29, 1.82) is 0 Å². The zero-order chi connectivity index (χ0) is 45.4. The topological polar surface area (TPSA) is 77.3 Å². The minimum Gasteiger partial charge on any atom is -0.208 e. The molecule has 0 N–H and O–H groups in total. The smallest absolute Gasteiger partial charge is 0.164 e. The molecule has 2 heterocycles. The molecule has 6 nitrogen and oxygen atoms in total. The molecule has 0 amide bonds. The summed E-state index contributed by atoms with van der Waals surface area (Å²) >= 11 is 0. The molecule has 0 fully saturated rings. The van der Waals surface area contributed by atoms with Gasteiger partial charge in [-0.3, -0.25) is 0 Å². The van der Waals surface area contributed by atoms with E-state index in [0.717, 1.165) is 77.9 Å². The Morgan fingerprint density at radius 3 is 1.07 bits per heavy atom. The molecule has 0 atom stereocenters. The third-order valence-electron chi connectivity index (χ3n) is 11.5. The normalized spacial score (nSPS) is 11.4. The van der Waals surface area contributed by atoms with Gasteiger partial charge in [0.2, 0.25) is 0 Å². The van der Waals surface area contributed by atoms with E-state index in [1.807, 2.05) is 97.9 Å². The van der Waals surface area contributed by atoms with Crippen LogP contribution >= 0.6 is 0 Å². The van der Waals surface area contributed by atoms with E-state index in [0.29, 0.717) is 34.9 Å². The summed E-state index contributed by atoms with van der Waals surface area (Å²) in [5.74, 6) is 3.58. The maximum Gasteiger partial charge on any atom is 0.164 e. The Kier molecular flexibility index (Phi) is 12.2. The molecule has 0 spiro atoms. The second-order valence-corrected chi connectivity index (χ2v) is 16.0. The first-order valence-electron chi connectivity index (χ1n) is 22.3. The van der Waals surface area contributed by atoms with Gasteiger partial charge >= 0.3 is 0 Å². The maximum absolute atomic E-state index is 5.22. The predicted molar refractivity (Wildman–Crippen MR) is 275 cm³/mol. The monoisotopic (exact) mass is 860 g/mol. The first-order chi connectivity index (χ1) is 33.1. The lowest BCUT2D eigenvalue weighted by Crippen LogP contribution is -2.03. The molecule has 0 saturated heterocycles. The van der Waals surface area contributed by atoms with Crippen LogP contribution in [0.3, 0.4) is 0 Å². The highest BCUT2D eigenvalue weighted by Gasteiger charge is 2.17. The fraction of sp³-hybridized carbons (Fsp3) is 0.0164. The molecule has 67 heavy (non-hydrogen) atoms. The van der Waals surface area contributed by atoms with Crippen LogP contribution in [0, 0.1) is 0 Å². The summed E-state index contributed by atoms with van der Waals surface area (Å²) in [5, 5.41) is 0. The van der Waals surface area contributed by atoms with Gasteiger partial charge in [0.15, 0.2) is 34.9 Å². The summed E-state index contributed by atoms with van der Waals surface area (Å²) in [6.45, 7) is 5.89. The van der Waals surface area contributed by atoms with Crippen LogP contribution in [0.15, 0.2) is 243 Å². The van der Waals surface area contributed by atoms with Crippen molar-refractivity contribution in [2.24, 2.45) is 0 Å². The fourth-order valence-corrected chi connectivity index (χ4v) is 8.08. The SMILES string of the molecule is C=C/C=C\C(=C/C)c1nc(-c2cccc(-c3ccccc3)c2)nc(-c2cc(-c3ccccc3)cc(-c3cccc(-c4cccc(-c5nc(-c6ccccc6)nc(-c6ccccc6)n5)c4)c3)c2)n1. The Hall–Kier alpha value is -9.00. The van der Waals surface area contributed by atoms with Gasteiger partial charge in [-0.15, -0.1) is 0 Å². The first-order valence-corrected chi connectivity index (χ1v) is 22.3. The van der Waals surface area contributed by atoms with Crippen molar-refractivity contribution in [1.82, 2.24) is 29.9 Å². The third kappa shape index (κ3) is 9.46. The van der Waals surface area contributed by atoms with Crippen molar-refractivity contribution < 1.29 is 0 Å². The van der Waals surface area contributed by atoms with Crippen LogP contribution in [0.4, 0.5) is 0 Å². The molecule has 10 aromatic rings. The Bertz CT molecular complexity index is 3360. The van der Waals surface area contributed by atoms with E-state index < -0.39 is 0 Å². The van der Waals surface area contributed by atoms with Gasteiger partial charge in [0.1, 0.15) is 0 Å². The highest BCUT2D eigenvalue weighted by atomic mass is 15.0. The summed E-state index contributed by atoms with van der Waals surface area (Å²) in [4.78, 5) is 30.4. The Morgan fingerprint density at radius 2 is 0.612 bits per heavy atom. The van der Waals surface area contributed by atoms with Crippen LogP contribution in [-0.4, -0.2) is 29.9 Å². The molecular formula is C61H44N6. The van der Waals surface area contributed by atoms with Crippen LogP contribution in [-0.2, 0) is 0 Å². The third-order valence-corrected chi connectivity index (χ3v) is 11.5. The molecule has 0 radical (unpaired) electrons. The molecule has 0 aliphatic heterocycles. The lowest BCUT2D eigenvalue weighted by atomic mass is 9.93. The van der Waals surface area contributed by atoms with Crippen molar-refractivity contribution in [2.45, 2.75) is 6.92 Å². The van der Waals surface area contributed by atoms with Gasteiger partial charge in [0.05, 0.1) is 0 Å². The van der Waals surface area contributed by atoms with Crippen LogP contribution in [0.25, 0.3) is 107 Å². The van der Waals surface area contributed by atoms with E-state index in [1.165, 1.54) is 0 Å². The van der Waals surface area contributed by atoms with Crippen molar-refractivity contribution in [3.05, 3.63) is 249 Å². The van der Waals surface area contributed by atoms with Crippen LogP contribution in [0.5, 0.6) is 0 Å². The van der Waals surface area contributed by atoms with E-state index in [1.54, 1.807) is 6.08 Å². The number of benzene rings is 8. The van der Waals surface area contributed by atoms with Crippen LogP contribution in [0.1, 0.15) is 12.7 Å². The Balaban J connectivity index is 1.08. The molecule has 10 rings (SSSR count). The van der Waals surface area contributed by atoms with E-state index in [-0.39, 0.29) is 0 Å². The molecule has 0 aliphatic rings. The number of rotatable bonds is 12. The van der Waals surface area contributed by atoms with E-state index in [4.69, 9.17) is 29.9 Å². The van der Waals surface area contributed by atoms with Gasteiger partial charge in [0, 0.05) is 33.4 Å². The van der Waals surface area contributed by atoms with E-state index in [9.17, 15) is 0 Å². The lowest BCUT2D eigenvalue weighted by Gasteiger charge is -2.14. The molecule has 8 aromatic carbocycles. The van der Waals surface area contributed by atoms with E-state index >= 15 is 0 Å². The Labute approximate surface area is 391 Å². The number of nitrogens with zero attached hydrogens (tertiary/aromatic N) is 6. The zero-order valence-electron chi connectivity index (χ0n) is 36.9. The average Bonchev–Trinajstić information content (AvgIpc) is 3.42. The molecule has 0 unspecified atom stereocenters. The molecule has 318 valence electrons.